The SMILES string of the molecule is CNC(C)Cc1noc(C2CC(=O)N(c3ccc(OC)cc3OC)C2)n1.Cl. The first-order valence-electron chi connectivity index (χ1n) is 8.57. The number of anilines is 1. The summed E-state index contributed by atoms with van der Waals surface area (Å²) >= 11 is 0. The molecule has 1 aromatic heterocycles. The zero-order chi connectivity index (χ0) is 18.7. The predicted octanol–water partition coefficient (Wildman–Crippen LogP) is 2.18. The maximum atomic E-state index is 12.6. The van der Waals surface area contributed by atoms with Crippen LogP contribution in [-0.2, 0) is 11.2 Å². The molecule has 148 valence electrons. The minimum absolute atomic E-state index is 0. The van der Waals surface area contributed by atoms with E-state index in [-0.39, 0.29) is 30.3 Å². The van der Waals surface area contributed by atoms with Gasteiger partial charge < -0.3 is 24.2 Å². The average molecular weight is 397 g/mol. The first kappa shape index (κ1) is 21.0. The summed E-state index contributed by atoms with van der Waals surface area (Å²) in [6.45, 7) is 2.53. The molecule has 2 aromatic rings. The number of rotatable bonds is 7. The van der Waals surface area contributed by atoms with Gasteiger partial charge in [0.05, 0.1) is 25.8 Å². The van der Waals surface area contributed by atoms with Gasteiger partial charge in [-0.2, -0.15) is 4.98 Å². The lowest BCUT2D eigenvalue weighted by molar-refractivity contribution is -0.117. The van der Waals surface area contributed by atoms with Gasteiger partial charge in [0.25, 0.3) is 0 Å². The molecule has 3 rings (SSSR count). The fourth-order valence-electron chi connectivity index (χ4n) is 3.01. The van der Waals surface area contributed by atoms with Crippen molar-refractivity contribution in [3.63, 3.8) is 0 Å². The number of carbonyl (C=O) groups excluding carboxylic acids is 1. The topological polar surface area (TPSA) is 89.7 Å². The van der Waals surface area contributed by atoms with Gasteiger partial charge in [0.15, 0.2) is 5.82 Å². The third-order valence-corrected chi connectivity index (χ3v) is 4.62. The Bertz CT molecular complexity index is 782. The van der Waals surface area contributed by atoms with Crippen molar-refractivity contribution >= 4 is 24.0 Å². The maximum Gasteiger partial charge on any atom is 0.232 e. The van der Waals surface area contributed by atoms with Crippen molar-refractivity contribution in [2.45, 2.75) is 31.7 Å². The molecule has 0 radical (unpaired) electrons. The summed E-state index contributed by atoms with van der Waals surface area (Å²) in [5, 5.41) is 7.17. The number of nitrogens with one attached hydrogen (secondary N) is 1. The van der Waals surface area contributed by atoms with E-state index in [2.05, 4.69) is 15.5 Å². The summed E-state index contributed by atoms with van der Waals surface area (Å²) in [4.78, 5) is 18.7. The van der Waals surface area contributed by atoms with Gasteiger partial charge in [-0.1, -0.05) is 5.16 Å². The molecule has 1 aliphatic heterocycles. The minimum atomic E-state index is -0.125. The highest BCUT2D eigenvalue weighted by molar-refractivity contribution is 5.97. The predicted molar refractivity (Wildman–Crippen MR) is 103 cm³/mol. The fraction of sp³-hybridized carbons (Fsp3) is 0.500. The first-order chi connectivity index (χ1) is 12.5. The molecule has 1 saturated heterocycles. The van der Waals surface area contributed by atoms with Crippen molar-refractivity contribution in [3.8, 4) is 11.5 Å². The van der Waals surface area contributed by atoms with Gasteiger partial charge in [0, 0.05) is 31.5 Å². The van der Waals surface area contributed by atoms with Crippen LogP contribution in [0.2, 0.25) is 0 Å². The first-order valence-corrected chi connectivity index (χ1v) is 8.57. The number of ether oxygens (including phenoxy) is 2. The Morgan fingerprint density at radius 2 is 2.15 bits per heavy atom. The number of aromatic nitrogens is 2. The van der Waals surface area contributed by atoms with E-state index < -0.39 is 0 Å². The van der Waals surface area contributed by atoms with Gasteiger partial charge in [-0.25, -0.2) is 0 Å². The lowest BCUT2D eigenvalue weighted by atomic mass is 10.1. The normalized spacial score (nSPS) is 17.6. The van der Waals surface area contributed by atoms with Crippen molar-refractivity contribution in [3.05, 3.63) is 29.9 Å². The number of amides is 1. The third-order valence-electron chi connectivity index (χ3n) is 4.62. The van der Waals surface area contributed by atoms with Crippen molar-refractivity contribution in [2.75, 3.05) is 32.7 Å². The number of likely N-dealkylation sites (N-methyl/N-ethyl adjacent to an activating group) is 1. The smallest absolute Gasteiger partial charge is 0.232 e. The van der Waals surface area contributed by atoms with E-state index in [1.54, 1.807) is 25.2 Å². The van der Waals surface area contributed by atoms with E-state index in [9.17, 15) is 4.79 Å². The van der Waals surface area contributed by atoms with Gasteiger partial charge in [0.1, 0.15) is 11.5 Å². The molecule has 0 aliphatic carbocycles. The van der Waals surface area contributed by atoms with E-state index in [4.69, 9.17) is 14.0 Å². The summed E-state index contributed by atoms with van der Waals surface area (Å²) in [6.07, 6.45) is 1.01. The van der Waals surface area contributed by atoms with E-state index in [0.717, 1.165) is 0 Å². The molecule has 8 nitrogen and oxygen atoms in total. The standard InChI is InChI=1S/C18H24N4O4.ClH/c1-11(19-2)7-16-20-18(26-21-16)12-8-17(23)22(10-12)14-6-5-13(24-3)9-15(14)25-4;/h5-6,9,11-12,19H,7-8,10H2,1-4H3;1H. The monoisotopic (exact) mass is 396 g/mol. The molecule has 1 N–H and O–H groups in total. The number of hydrogen-bond acceptors (Lipinski definition) is 7. The zero-order valence-electron chi connectivity index (χ0n) is 15.9. The summed E-state index contributed by atoms with van der Waals surface area (Å²) in [7, 11) is 5.05. The van der Waals surface area contributed by atoms with Crippen LogP contribution in [0.15, 0.2) is 22.7 Å². The molecular formula is C18H25ClN4O4. The molecular weight excluding hydrogens is 372 g/mol. The van der Waals surface area contributed by atoms with Gasteiger partial charge in [-0.3, -0.25) is 4.79 Å². The van der Waals surface area contributed by atoms with E-state index in [1.165, 1.54) is 0 Å². The van der Waals surface area contributed by atoms with E-state index >= 15 is 0 Å². The number of hydrogen-bond donors (Lipinski definition) is 1. The molecule has 1 aromatic carbocycles. The Morgan fingerprint density at radius 3 is 2.81 bits per heavy atom. The molecule has 9 heteroatoms. The highest BCUT2D eigenvalue weighted by Gasteiger charge is 2.36. The van der Waals surface area contributed by atoms with Crippen LogP contribution < -0.4 is 19.7 Å². The van der Waals surface area contributed by atoms with Crippen LogP contribution >= 0.6 is 12.4 Å². The van der Waals surface area contributed by atoms with Crippen LogP contribution in [-0.4, -0.2) is 49.9 Å². The van der Waals surface area contributed by atoms with Crippen LogP contribution in [0.3, 0.4) is 0 Å². The second-order valence-electron chi connectivity index (χ2n) is 6.39. The number of benzene rings is 1. The summed E-state index contributed by atoms with van der Waals surface area (Å²) in [5.41, 5.74) is 0.712. The molecule has 2 unspecified atom stereocenters. The Labute approximate surface area is 164 Å². The summed E-state index contributed by atoms with van der Waals surface area (Å²) in [5.74, 6) is 2.30. The second-order valence-corrected chi connectivity index (χ2v) is 6.39. The Morgan fingerprint density at radius 1 is 1.37 bits per heavy atom. The third kappa shape index (κ3) is 4.51. The van der Waals surface area contributed by atoms with Crippen LogP contribution in [0.5, 0.6) is 11.5 Å². The summed E-state index contributed by atoms with van der Waals surface area (Å²) in [6, 6.07) is 5.65. The molecule has 0 saturated carbocycles. The van der Waals surface area contributed by atoms with Crippen LogP contribution in [0.4, 0.5) is 5.69 Å². The van der Waals surface area contributed by atoms with Gasteiger partial charge in [-0.15, -0.1) is 12.4 Å². The second kappa shape index (κ2) is 9.05. The fourth-order valence-corrected chi connectivity index (χ4v) is 3.01. The van der Waals surface area contributed by atoms with Crippen molar-refractivity contribution in [1.29, 1.82) is 0 Å². The highest BCUT2D eigenvalue weighted by Crippen LogP contribution is 2.37. The number of halogens is 1. The lowest BCUT2D eigenvalue weighted by Crippen LogP contribution is -2.25. The van der Waals surface area contributed by atoms with Crippen molar-refractivity contribution in [1.82, 2.24) is 15.5 Å². The van der Waals surface area contributed by atoms with Crippen molar-refractivity contribution in [2.24, 2.45) is 0 Å². The van der Waals surface area contributed by atoms with E-state index in [0.29, 0.717) is 48.3 Å². The van der Waals surface area contributed by atoms with Gasteiger partial charge in [-0.05, 0) is 26.1 Å². The number of carbonyl (C=O) groups is 1. The van der Waals surface area contributed by atoms with Gasteiger partial charge in [0.2, 0.25) is 11.8 Å². The van der Waals surface area contributed by atoms with Crippen LogP contribution in [0.1, 0.15) is 31.0 Å². The quantitative estimate of drug-likeness (QED) is 0.767. The molecule has 1 fully saturated rings. The van der Waals surface area contributed by atoms with Crippen LogP contribution in [0.25, 0.3) is 0 Å². The maximum absolute atomic E-state index is 12.6. The Kier molecular flexibility index (Phi) is 7.04. The molecule has 2 atom stereocenters. The van der Waals surface area contributed by atoms with Crippen molar-refractivity contribution < 1.29 is 18.8 Å². The lowest BCUT2D eigenvalue weighted by Gasteiger charge is -2.19. The minimum Gasteiger partial charge on any atom is -0.497 e. The molecule has 2 heterocycles. The van der Waals surface area contributed by atoms with E-state index in [1.807, 2.05) is 26.1 Å². The molecule has 0 spiro atoms. The zero-order valence-corrected chi connectivity index (χ0v) is 16.7. The summed E-state index contributed by atoms with van der Waals surface area (Å²) < 4.78 is 16.0. The Balaban J connectivity index is 0.00000261. The molecule has 1 amide bonds. The number of methoxy groups -OCH3 is 2. The molecule has 27 heavy (non-hydrogen) atoms. The Hall–Kier alpha value is -2.32. The number of nitrogens with zero attached hydrogens (tertiary/aromatic N) is 3. The highest BCUT2D eigenvalue weighted by atomic mass is 35.5. The molecule has 1 aliphatic rings. The van der Waals surface area contributed by atoms with Gasteiger partial charge >= 0.3 is 0 Å². The average Bonchev–Trinajstić information content (AvgIpc) is 3.27. The van der Waals surface area contributed by atoms with Crippen LogP contribution in [0, 0.1) is 0 Å². The molecule has 0 bridgehead atoms. The largest absolute Gasteiger partial charge is 0.497 e.